The second kappa shape index (κ2) is 9.73. The summed E-state index contributed by atoms with van der Waals surface area (Å²) in [7, 11) is 3.12. The number of aliphatic imine (C=N–C) groups is 1. The van der Waals surface area contributed by atoms with Crippen molar-refractivity contribution in [1.29, 1.82) is 0 Å². The van der Waals surface area contributed by atoms with E-state index >= 15 is 0 Å². The second-order valence-corrected chi connectivity index (χ2v) is 8.66. The monoisotopic (exact) mass is 466 g/mol. The minimum atomic E-state index is -0.755. The molecule has 2 unspecified atom stereocenters. The number of hydrogen-bond donors (Lipinski definition) is 1. The molecule has 10 heteroatoms. The first-order chi connectivity index (χ1) is 16.3. The molecule has 2 fully saturated rings. The van der Waals surface area contributed by atoms with Crippen LogP contribution in [-0.4, -0.2) is 102 Å². The fraction of sp³-hybridized carbons (Fsp3) is 0.500. The van der Waals surface area contributed by atoms with E-state index in [1.165, 1.54) is 12.0 Å². The Morgan fingerprint density at radius 2 is 2.12 bits per heavy atom. The molecule has 0 spiro atoms. The molecule has 34 heavy (non-hydrogen) atoms. The number of piperidine rings is 1. The van der Waals surface area contributed by atoms with E-state index in [2.05, 4.69) is 16.7 Å². The molecule has 180 valence electrons. The van der Waals surface area contributed by atoms with Gasteiger partial charge in [0.2, 0.25) is 0 Å². The summed E-state index contributed by atoms with van der Waals surface area (Å²) in [6.45, 7) is 3.05. The number of ketones is 1. The van der Waals surface area contributed by atoms with E-state index in [9.17, 15) is 14.4 Å². The van der Waals surface area contributed by atoms with Crippen molar-refractivity contribution in [3.63, 3.8) is 0 Å². The number of nitrogens with zero attached hydrogens (tertiary/aromatic N) is 5. The summed E-state index contributed by atoms with van der Waals surface area (Å²) in [5.74, 6) is 6.24. The van der Waals surface area contributed by atoms with Crippen molar-refractivity contribution in [2.45, 2.75) is 38.0 Å². The summed E-state index contributed by atoms with van der Waals surface area (Å²) in [6.07, 6.45) is 1.17. The highest BCUT2D eigenvalue weighted by Gasteiger charge is 2.53. The summed E-state index contributed by atoms with van der Waals surface area (Å²) in [4.78, 5) is 50.8. The number of carbonyl (C=O) groups is 3. The smallest absolute Gasteiger partial charge is 0.328 e. The maximum atomic E-state index is 13.6. The van der Waals surface area contributed by atoms with Gasteiger partial charge in [0.25, 0.3) is 5.91 Å². The lowest BCUT2D eigenvalue weighted by Crippen LogP contribution is -2.66. The van der Waals surface area contributed by atoms with E-state index in [0.29, 0.717) is 23.8 Å². The van der Waals surface area contributed by atoms with Crippen LogP contribution >= 0.6 is 0 Å². The lowest BCUT2D eigenvalue weighted by atomic mass is 10.1. The fourth-order valence-corrected chi connectivity index (χ4v) is 4.63. The average Bonchev–Trinajstić information content (AvgIpc) is 3.23. The van der Waals surface area contributed by atoms with Crippen molar-refractivity contribution in [2.75, 3.05) is 40.3 Å². The Morgan fingerprint density at radius 1 is 1.32 bits per heavy atom. The fourth-order valence-electron chi connectivity index (χ4n) is 4.63. The molecule has 4 rings (SSSR count). The highest BCUT2D eigenvalue weighted by Crippen LogP contribution is 2.30. The van der Waals surface area contributed by atoms with Gasteiger partial charge in [-0.05, 0) is 31.9 Å². The normalized spacial score (nSPS) is 24.5. The number of guanidine groups is 1. The average molecular weight is 467 g/mol. The van der Waals surface area contributed by atoms with Crippen LogP contribution in [-0.2, 0) is 4.79 Å². The van der Waals surface area contributed by atoms with Gasteiger partial charge in [-0.25, -0.2) is 9.79 Å². The molecule has 1 aromatic rings. The SMILES string of the molecule is CC#CCN1C(N2CCC[C@@H](N)C2)=NC2C1C(=O)N(CC(=O)c1cccc(OC)c1)C(=O)N2C. The van der Waals surface area contributed by atoms with Crippen LogP contribution in [0.25, 0.3) is 0 Å². The molecule has 0 aliphatic carbocycles. The number of Topliss-reactive ketones (excluding diaryl/α,β-unsaturated/α-hetero) is 1. The van der Waals surface area contributed by atoms with Crippen molar-refractivity contribution >= 4 is 23.7 Å². The van der Waals surface area contributed by atoms with Crippen molar-refractivity contribution in [1.82, 2.24) is 19.6 Å². The number of benzene rings is 1. The number of likely N-dealkylation sites (tertiary alicyclic amines) is 1. The third kappa shape index (κ3) is 4.31. The van der Waals surface area contributed by atoms with Crippen LogP contribution < -0.4 is 10.5 Å². The number of likely N-dealkylation sites (N-methyl/N-ethyl adjacent to an activating group) is 1. The first-order valence-corrected chi connectivity index (χ1v) is 11.4. The Balaban J connectivity index is 1.61. The molecule has 3 amide bonds. The van der Waals surface area contributed by atoms with E-state index in [4.69, 9.17) is 15.5 Å². The van der Waals surface area contributed by atoms with Crippen molar-refractivity contribution < 1.29 is 19.1 Å². The molecule has 0 aromatic heterocycles. The summed E-state index contributed by atoms with van der Waals surface area (Å²) >= 11 is 0. The number of nitrogens with two attached hydrogens (primary N) is 1. The molecule has 3 aliphatic rings. The van der Waals surface area contributed by atoms with E-state index in [-0.39, 0.29) is 24.9 Å². The van der Waals surface area contributed by atoms with Gasteiger partial charge in [0.05, 0.1) is 20.2 Å². The Kier molecular flexibility index (Phi) is 6.75. The van der Waals surface area contributed by atoms with Gasteiger partial charge in [-0.1, -0.05) is 18.1 Å². The zero-order valence-corrected chi connectivity index (χ0v) is 19.7. The molecule has 2 N–H and O–H groups in total. The van der Waals surface area contributed by atoms with Gasteiger partial charge in [-0.15, -0.1) is 5.92 Å². The number of rotatable bonds is 5. The molecule has 3 heterocycles. The van der Waals surface area contributed by atoms with Crippen molar-refractivity contribution in [3.05, 3.63) is 29.8 Å². The predicted octanol–water partition coefficient (Wildman–Crippen LogP) is 0.585. The van der Waals surface area contributed by atoms with Crippen LogP contribution in [0.1, 0.15) is 30.1 Å². The maximum absolute atomic E-state index is 13.6. The Morgan fingerprint density at radius 3 is 2.82 bits per heavy atom. The van der Waals surface area contributed by atoms with Crippen LogP contribution in [0, 0.1) is 11.8 Å². The van der Waals surface area contributed by atoms with Crippen LogP contribution in [0.5, 0.6) is 5.75 Å². The molecule has 3 aliphatic heterocycles. The lowest BCUT2D eigenvalue weighted by molar-refractivity contribution is -0.136. The van der Waals surface area contributed by atoms with Gasteiger partial charge in [-0.3, -0.25) is 14.5 Å². The topological polar surface area (TPSA) is 112 Å². The molecule has 0 bridgehead atoms. The highest BCUT2D eigenvalue weighted by molar-refractivity contribution is 6.08. The Labute approximate surface area is 199 Å². The van der Waals surface area contributed by atoms with Crippen molar-refractivity contribution in [3.8, 4) is 17.6 Å². The number of urea groups is 1. The van der Waals surface area contributed by atoms with Gasteiger partial charge in [0, 0.05) is 31.7 Å². The third-order valence-corrected chi connectivity index (χ3v) is 6.43. The second-order valence-electron chi connectivity index (χ2n) is 8.66. The van der Waals surface area contributed by atoms with Crippen LogP contribution in [0.15, 0.2) is 29.3 Å². The molecule has 1 aromatic carbocycles. The summed E-state index contributed by atoms with van der Waals surface area (Å²) < 4.78 is 5.18. The standard InChI is InChI=1S/C24H30N6O4/c1-4-5-12-29-20-21(26-23(29)28-11-7-9-17(25)14-28)27(2)24(33)30(22(20)32)15-19(31)16-8-6-10-18(13-16)34-3/h6,8,10,13,17,20-21H,7,9,11-12,14-15,25H2,1-3H3/t17-,20?,21?/m1/s1. The molecule has 2 saturated heterocycles. The number of methoxy groups -OCH3 is 1. The summed E-state index contributed by atoms with van der Waals surface area (Å²) in [5.41, 5.74) is 6.55. The van der Waals surface area contributed by atoms with Gasteiger partial charge in [0.1, 0.15) is 5.75 Å². The van der Waals surface area contributed by atoms with Gasteiger partial charge in [0.15, 0.2) is 24.0 Å². The zero-order chi connectivity index (χ0) is 24.4. The van der Waals surface area contributed by atoms with E-state index < -0.39 is 24.1 Å². The van der Waals surface area contributed by atoms with Crippen LogP contribution in [0.3, 0.4) is 0 Å². The molecular weight excluding hydrogens is 436 g/mol. The van der Waals surface area contributed by atoms with E-state index in [0.717, 1.165) is 24.3 Å². The minimum absolute atomic E-state index is 0.0187. The first kappa shape index (κ1) is 23.6. The lowest BCUT2D eigenvalue weighted by Gasteiger charge is -2.41. The highest BCUT2D eigenvalue weighted by atomic mass is 16.5. The quantitative estimate of drug-likeness (QED) is 0.499. The number of amides is 3. The summed E-state index contributed by atoms with van der Waals surface area (Å²) in [6, 6.07) is 5.36. The first-order valence-electron chi connectivity index (χ1n) is 11.4. The number of carbonyl (C=O) groups excluding carboxylic acids is 3. The van der Waals surface area contributed by atoms with Crippen LogP contribution in [0.4, 0.5) is 4.79 Å². The van der Waals surface area contributed by atoms with Gasteiger partial charge >= 0.3 is 6.03 Å². The molecule has 0 radical (unpaired) electrons. The van der Waals surface area contributed by atoms with E-state index in [1.54, 1.807) is 38.2 Å². The molecule has 0 saturated carbocycles. The number of ether oxygens (including phenoxy) is 1. The molecule has 3 atom stereocenters. The van der Waals surface area contributed by atoms with E-state index in [1.807, 2.05) is 4.90 Å². The zero-order valence-electron chi connectivity index (χ0n) is 19.7. The Bertz CT molecular complexity index is 1080. The third-order valence-electron chi connectivity index (χ3n) is 6.43. The molecule has 10 nitrogen and oxygen atoms in total. The number of hydrogen-bond acceptors (Lipinski definition) is 8. The minimum Gasteiger partial charge on any atom is -0.497 e. The molecular formula is C24H30N6O4. The Hall–Kier alpha value is -3.58. The van der Waals surface area contributed by atoms with Crippen molar-refractivity contribution in [2.24, 2.45) is 10.7 Å². The summed E-state index contributed by atoms with van der Waals surface area (Å²) in [5, 5.41) is 0. The number of fused-ring (bicyclic) bond motifs is 1. The van der Waals surface area contributed by atoms with Gasteiger partial charge < -0.3 is 25.2 Å². The van der Waals surface area contributed by atoms with Crippen LogP contribution in [0.2, 0.25) is 0 Å². The largest absolute Gasteiger partial charge is 0.497 e. The number of imide groups is 1. The maximum Gasteiger partial charge on any atom is 0.328 e. The predicted molar refractivity (Wildman–Crippen MR) is 126 cm³/mol. The van der Waals surface area contributed by atoms with Gasteiger partial charge in [-0.2, -0.15) is 0 Å².